The number of alkyl halides is 2. The minimum Gasteiger partial charge on any atom is -0.122 e. The van der Waals surface area contributed by atoms with E-state index in [0.29, 0.717) is 16.8 Å². The van der Waals surface area contributed by atoms with E-state index in [0.717, 1.165) is 12.0 Å². The molecule has 0 aliphatic rings. The lowest BCUT2D eigenvalue weighted by Gasteiger charge is -2.00. The lowest BCUT2D eigenvalue weighted by Crippen LogP contribution is -1.88. The number of rotatable bonds is 4. The molecule has 0 aromatic rings. The van der Waals surface area contributed by atoms with Gasteiger partial charge in [-0.15, -0.1) is 29.8 Å². The van der Waals surface area contributed by atoms with Gasteiger partial charge in [-0.2, -0.15) is 0 Å². The Bertz CT molecular complexity index is 138. The lowest BCUT2D eigenvalue weighted by molar-refractivity contribution is 1.20. The molecule has 0 fully saturated rings. The van der Waals surface area contributed by atoms with E-state index in [1.165, 1.54) is 0 Å². The highest BCUT2D eigenvalue weighted by Crippen LogP contribution is 2.16. The minimum atomic E-state index is 0.331. The molecule has 0 aliphatic heterocycles. The van der Waals surface area contributed by atoms with Crippen LogP contribution in [0.2, 0.25) is 0 Å². The van der Waals surface area contributed by atoms with Crippen molar-refractivity contribution in [3.05, 3.63) is 23.3 Å². The third-order valence-corrected chi connectivity index (χ3v) is 2.18. The summed E-state index contributed by atoms with van der Waals surface area (Å²) in [6.45, 7) is 3.57. The Morgan fingerprint density at radius 1 is 1.30 bits per heavy atom. The van der Waals surface area contributed by atoms with Crippen LogP contribution in [0, 0.1) is 0 Å². The summed E-state index contributed by atoms with van der Waals surface area (Å²) in [5, 5.41) is 0.636. The molecule has 0 radical (unpaired) electrons. The summed E-state index contributed by atoms with van der Waals surface area (Å²) >= 11 is 16.8. The van der Waals surface area contributed by atoms with Crippen molar-refractivity contribution in [1.82, 2.24) is 0 Å². The predicted octanol–water partition coefficient (Wildman–Crippen LogP) is 3.53. The van der Waals surface area contributed by atoms with E-state index in [-0.39, 0.29) is 0 Å². The summed E-state index contributed by atoms with van der Waals surface area (Å²) in [4.78, 5) is 0. The third-order valence-electron chi connectivity index (χ3n) is 1.05. The van der Waals surface area contributed by atoms with E-state index in [4.69, 9.17) is 34.8 Å². The Labute approximate surface area is 76.5 Å². The molecule has 0 aromatic carbocycles. The second-order valence-electron chi connectivity index (χ2n) is 1.77. The SMILES string of the molecule is C=CC/C(CCl)=C(/Cl)CCl. The second-order valence-corrected chi connectivity index (χ2v) is 2.76. The van der Waals surface area contributed by atoms with Crippen molar-refractivity contribution in [3.63, 3.8) is 0 Å². The van der Waals surface area contributed by atoms with Crippen molar-refractivity contribution < 1.29 is 0 Å². The highest BCUT2D eigenvalue weighted by molar-refractivity contribution is 6.36. The zero-order chi connectivity index (χ0) is 7.98. The van der Waals surface area contributed by atoms with Crippen LogP contribution in [-0.4, -0.2) is 11.8 Å². The second kappa shape index (κ2) is 6.09. The Hall–Kier alpha value is 0.350. The Morgan fingerprint density at radius 2 is 1.90 bits per heavy atom. The molecule has 58 valence electrons. The van der Waals surface area contributed by atoms with E-state index >= 15 is 0 Å². The van der Waals surface area contributed by atoms with Gasteiger partial charge in [-0.25, -0.2) is 0 Å². The fraction of sp³-hybridized carbons (Fsp3) is 0.429. The Morgan fingerprint density at radius 3 is 2.20 bits per heavy atom. The van der Waals surface area contributed by atoms with Crippen LogP contribution in [0.5, 0.6) is 0 Å². The van der Waals surface area contributed by atoms with E-state index in [1.807, 2.05) is 0 Å². The van der Waals surface area contributed by atoms with Gasteiger partial charge in [0.1, 0.15) is 0 Å². The molecule has 0 aliphatic carbocycles. The maximum Gasteiger partial charge on any atom is 0.0581 e. The van der Waals surface area contributed by atoms with Gasteiger partial charge in [-0.1, -0.05) is 17.7 Å². The maximum absolute atomic E-state index is 5.73. The summed E-state index contributed by atoms with van der Waals surface area (Å²) in [5.41, 5.74) is 0.952. The van der Waals surface area contributed by atoms with Gasteiger partial charge >= 0.3 is 0 Å². The molecule has 0 heterocycles. The van der Waals surface area contributed by atoms with Gasteiger partial charge in [0, 0.05) is 10.9 Å². The Kier molecular flexibility index (Phi) is 6.30. The topological polar surface area (TPSA) is 0 Å². The normalized spacial score (nSPS) is 12.7. The summed E-state index contributed by atoms with van der Waals surface area (Å²) < 4.78 is 0. The van der Waals surface area contributed by atoms with E-state index in [1.54, 1.807) is 6.08 Å². The summed E-state index contributed by atoms with van der Waals surface area (Å²) in [6, 6.07) is 0. The molecule has 10 heavy (non-hydrogen) atoms. The van der Waals surface area contributed by atoms with E-state index in [2.05, 4.69) is 6.58 Å². The highest BCUT2D eigenvalue weighted by atomic mass is 35.5. The first-order chi connectivity index (χ1) is 4.76. The van der Waals surface area contributed by atoms with Crippen molar-refractivity contribution in [2.24, 2.45) is 0 Å². The van der Waals surface area contributed by atoms with Gasteiger partial charge in [-0.05, 0) is 12.0 Å². The van der Waals surface area contributed by atoms with Crippen LogP contribution in [0.4, 0.5) is 0 Å². The van der Waals surface area contributed by atoms with Crippen molar-refractivity contribution in [1.29, 1.82) is 0 Å². The fourth-order valence-corrected chi connectivity index (χ4v) is 1.18. The minimum absolute atomic E-state index is 0.331. The fourth-order valence-electron chi connectivity index (χ4n) is 0.507. The number of hydrogen-bond acceptors (Lipinski definition) is 0. The van der Waals surface area contributed by atoms with E-state index < -0.39 is 0 Å². The first-order valence-electron chi connectivity index (χ1n) is 2.85. The monoisotopic (exact) mass is 198 g/mol. The molecule has 0 spiro atoms. The summed E-state index contributed by atoms with van der Waals surface area (Å²) in [7, 11) is 0. The zero-order valence-electron chi connectivity index (χ0n) is 5.54. The number of allylic oxidation sites excluding steroid dienone is 3. The van der Waals surface area contributed by atoms with Gasteiger partial charge in [0.25, 0.3) is 0 Å². The molecule has 0 N–H and O–H groups in total. The standard InChI is InChI=1S/C7H9Cl3/c1-2-3-6(4-8)7(10)5-9/h2H,1,3-5H2/b7-6-. The average Bonchev–Trinajstić information content (AvgIpc) is 1.99. The Balaban J connectivity index is 4.13. The van der Waals surface area contributed by atoms with Gasteiger partial charge in [0.15, 0.2) is 0 Å². The molecule has 0 nitrogen and oxygen atoms in total. The molecule has 0 atom stereocenters. The first kappa shape index (κ1) is 10.3. The van der Waals surface area contributed by atoms with Crippen LogP contribution < -0.4 is 0 Å². The molecule has 0 rings (SSSR count). The van der Waals surface area contributed by atoms with Crippen LogP contribution in [0.1, 0.15) is 6.42 Å². The van der Waals surface area contributed by atoms with E-state index in [9.17, 15) is 0 Å². The molecule has 0 bridgehead atoms. The van der Waals surface area contributed by atoms with Crippen molar-refractivity contribution in [2.75, 3.05) is 11.8 Å². The molecule has 3 heteroatoms. The van der Waals surface area contributed by atoms with Crippen LogP contribution in [0.15, 0.2) is 23.3 Å². The third kappa shape index (κ3) is 3.50. The molecule has 0 amide bonds. The molecule has 0 saturated carbocycles. The summed E-state index contributed by atoms with van der Waals surface area (Å²) in [6.07, 6.45) is 2.47. The summed E-state index contributed by atoms with van der Waals surface area (Å²) in [5.74, 6) is 0.759. The van der Waals surface area contributed by atoms with Crippen molar-refractivity contribution in [2.45, 2.75) is 6.42 Å². The van der Waals surface area contributed by atoms with Crippen LogP contribution in [-0.2, 0) is 0 Å². The number of hydrogen-bond donors (Lipinski definition) is 0. The molecule has 0 saturated heterocycles. The first-order valence-corrected chi connectivity index (χ1v) is 4.30. The molecular weight excluding hydrogens is 190 g/mol. The quantitative estimate of drug-likeness (QED) is 0.480. The lowest BCUT2D eigenvalue weighted by atomic mass is 10.2. The smallest absolute Gasteiger partial charge is 0.0581 e. The predicted molar refractivity (Wildman–Crippen MR) is 49.1 cm³/mol. The molecular formula is C7H9Cl3. The van der Waals surface area contributed by atoms with Gasteiger partial charge < -0.3 is 0 Å². The van der Waals surface area contributed by atoms with Crippen LogP contribution in [0.3, 0.4) is 0 Å². The van der Waals surface area contributed by atoms with Gasteiger partial charge in [0.2, 0.25) is 0 Å². The number of halogens is 3. The van der Waals surface area contributed by atoms with Crippen LogP contribution >= 0.6 is 34.8 Å². The molecule has 0 unspecified atom stereocenters. The van der Waals surface area contributed by atoms with Gasteiger partial charge in [0.05, 0.1) is 5.88 Å². The highest BCUT2D eigenvalue weighted by Gasteiger charge is 1.99. The largest absolute Gasteiger partial charge is 0.122 e. The molecule has 0 aromatic heterocycles. The maximum atomic E-state index is 5.73. The average molecular weight is 200 g/mol. The van der Waals surface area contributed by atoms with Gasteiger partial charge in [-0.3, -0.25) is 0 Å². The zero-order valence-corrected chi connectivity index (χ0v) is 7.81. The van der Waals surface area contributed by atoms with Crippen molar-refractivity contribution >= 4 is 34.8 Å². The van der Waals surface area contributed by atoms with Crippen LogP contribution in [0.25, 0.3) is 0 Å². The van der Waals surface area contributed by atoms with Crippen molar-refractivity contribution in [3.8, 4) is 0 Å².